The third kappa shape index (κ3) is 3.94. The number of carbonyl (C=O) groups is 3. The van der Waals surface area contributed by atoms with Crippen molar-refractivity contribution in [2.75, 3.05) is 0 Å². The minimum absolute atomic E-state index is 0.0877. The first-order chi connectivity index (χ1) is 10.9. The number of rotatable bonds is 6. The Morgan fingerprint density at radius 1 is 1.17 bits per heavy atom. The minimum Gasteiger partial charge on any atom is -0.481 e. The van der Waals surface area contributed by atoms with Crippen LogP contribution in [-0.2, 0) is 9.59 Å². The molecule has 1 heterocycles. The first kappa shape index (κ1) is 16.2. The Kier molecular flexibility index (Phi) is 4.75. The Labute approximate surface area is 129 Å². The zero-order valence-corrected chi connectivity index (χ0v) is 11.9. The van der Waals surface area contributed by atoms with Gasteiger partial charge in [-0.25, -0.2) is 4.79 Å². The summed E-state index contributed by atoms with van der Waals surface area (Å²) in [5, 5.41) is 20.2. The van der Waals surface area contributed by atoms with Crippen molar-refractivity contribution in [1.82, 2.24) is 10.3 Å². The van der Waals surface area contributed by atoms with Gasteiger partial charge in [-0.05, 0) is 18.6 Å². The maximum atomic E-state index is 12.1. The summed E-state index contributed by atoms with van der Waals surface area (Å²) in [6, 6.07) is 6.31. The lowest BCUT2D eigenvalue weighted by Gasteiger charge is -2.13. The Hall–Kier alpha value is -3.16. The summed E-state index contributed by atoms with van der Waals surface area (Å²) < 4.78 is 0. The van der Waals surface area contributed by atoms with E-state index in [-0.39, 0.29) is 17.5 Å². The molecule has 0 aliphatic carbocycles. The molecule has 8 heteroatoms. The zero-order chi connectivity index (χ0) is 17.0. The van der Waals surface area contributed by atoms with Gasteiger partial charge in [0.25, 0.3) is 5.91 Å². The van der Waals surface area contributed by atoms with Crippen molar-refractivity contribution >= 4 is 28.7 Å². The number of pyridine rings is 1. The fraction of sp³-hybridized carbons (Fsp3) is 0.200. The second-order valence-electron chi connectivity index (χ2n) is 4.89. The molecule has 0 saturated carbocycles. The molecular formula is C15H14N2O6. The number of H-pyrrole nitrogens is 1. The standard InChI is InChI=1S/C15H14N2O6/c18-12-7-11(16-9-4-2-1-3-8(9)12)14(21)17-10(15(22)23)5-6-13(19)20/h1-4,7,10H,5-6H2,(H,16,18)(H,17,21)(H,19,20)(H,22,23). The number of carboxylic acid groups (broad SMARTS) is 2. The smallest absolute Gasteiger partial charge is 0.326 e. The summed E-state index contributed by atoms with van der Waals surface area (Å²) >= 11 is 0. The van der Waals surface area contributed by atoms with E-state index >= 15 is 0 Å². The molecule has 1 atom stereocenters. The molecule has 120 valence electrons. The maximum Gasteiger partial charge on any atom is 0.326 e. The van der Waals surface area contributed by atoms with Crippen LogP contribution in [0.15, 0.2) is 35.1 Å². The minimum atomic E-state index is -1.35. The lowest BCUT2D eigenvalue weighted by molar-refractivity contribution is -0.140. The molecule has 1 aromatic heterocycles. The van der Waals surface area contributed by atoms with Crippen molar-refractivity contribution in [1.29, 1.82) is 0 Å². The topological polar surface area (TPSA) is 137 Å². The van der Waals surface area contributed by atoms with Gasteiger partial charge in [0, 0.05) is 23.4 Å². The highest BCUT2D eigenvalue weighted by atomic mass is 16.4. The fourth-order valence-electron chi connectivity index (χ4n) is 2.08. The van der Waals surface area contributed by atoms with Crippen molar-refractivity contribution in [2.45, 2.75) is 18.9 Å². The van der Waals surface area contributed by atoms with E-state index in [1.54, 1.807) is 24.3 Å². The second kappa shape index (κ2) is 6.73. The number of nitrogens with one attached hydrogen (secondary N) is 2. The van der Waals surface area contributed by atoms with Crippen molar-refractivity contribution in [3.8, 4) is 0 Å². The van der Waals surface area contributed by atoms with Gasteiger partial charge in [0.15, 0.2) is 5.43 Å². The number of carbonyl (C=O) groups excluding carboxylic acids is 1. The first-order valence-electron chi connectivity index (χ1n) is 6.76. The van der Waals surface area contributed by atoms with Crippen LogP contribution in [0.2, 0.25) is 0 Å². The van der Waals surface area contributed by atoms with Crippen molar-refractivity contribution in [3.63, 3.8) is 0 Å². The van der Waals surface area contributed by atoms with Gasteiger partial charge in [-0.15, -0.1) is 0 Å². The maximum absolute atomic E-state index is 12.1. The highest BCUT2D eigenvalue weighted by Gasteiger charge is 2.22. The number of aromatic amines is 1. The number of para-hydroxylation sites is 1. The highest BCUT2D eigenvalue weighted by molar-refractivity contribution is 5.97. The van der Waals surface area contributed by atoms with Crippen LogP contribution < -0.4 is 10.7 Å². The molecule has 23 heavy (non-hydrogen) atoms. The molecule has 1 amide bonds. The molecule has 0 saturated heterocycles. The third-order valence-electron chi connectivity index (χ3n) is 3.23. The van der Waals surface area contributed by atoms with Gasteiger partial charge in [0.2, 0.25) is 0 Å². The first-order valence-corrected chi connectivity index (χ1v) is 6.76. The Bertz CT molecular complexity index is 826. The molecule has 0 spiro atoms. The summed E-state index contributed by atoms with van der Waals surface area (Å²) in [4.78, 5) is 48.4. The Balaban J connectivity index is 2.23. The van der Waals surface area contributed by atoms with Crippen LogP contribution in [0.4, 0.5) is 0 Å². The zero-order valence-electron chi connectivity index (χ0n) is 11.9. The van der Waals surface area contributed by atoms with Gasteiger partial charge in [0.1, 0.15) is 11.7 Å². The van der Waals surface area contributed by atoms with Gasteiger partial charge < -0.3 is 20.5 Å². The lowest BCUT2D eigenvalue weighted by atomic mass is 10.1. The van der Waals surface area contributed by atoms with Gasteiger partial charge in [-0.2, -0.15) is 0 Å². The largest absolute Gasteiger partial charge is 0.481 e. The molecular weight excluding hydrogens is 304 g/mol. The third-order valence-corrected chi connectivity index (χ3v) is 3.23. The average molecular weight is 318 g/mol. The van der Waals surface area contributed by atoms with E-state index < -0.39 is 30.3 Å². The van der Waals surface area contributed by atoms with Crippen molar-refractivity contribution in [3.05, 3.63) is 46.2 Å². The molecule has 2 rings (SSSR count). The molecule has 0 fully saturated rings. The van der Waals surface area contributed by atoms with Crippen LogP contribution in [0.3, 0.4) is 0 Å². The van der Waals surface area contributed by atoms with E-state index in [9.17, 15) is 19.2 Å². The van der Waals surface area contributed by atoms with Gasteiger partial charge in [-0.1, -0.05) is 12.1 Å². The number of benzene rings is 1. The van der Waals surface area contributed by atoms with Crippen LogP contribution in [0, 0.1) is 0 Å². The van der Waals surface area contributed by atoms with Gasteiger partial charge in [0.05, 0.1) is 0 Å². The van der Waals surface area contributed by atoms with Crippen LogP contribution in [-0.4, -0.2) is 39.1 Å². The monoisotopic (exact) mass is 318 g/mol. The van der Waals surface area contributed by atoms with Crippen LogP contribution in [0.5, 0.6) is 0 Å². The molecule has 1 aromatic carbocycles. The lowest BCUT2D eigenvalue weighted by Crippen LogP contribution is -2.41. The van der Waals surface area contributed by atoms with E-state index in [2.05, 4.69) is 10.3 Å². The second-order valence-corrected chi connectivity index (χ2v) is 4.89. The van der Waals surface area contributed by atoms with Gasteiger partial charge in [-0.3, -0.25) is 14.4 Å². The molecule has 0 radical (unpaired) electrons. The summed E-state index contributed by atoms with van der Waals surface area (Å²) in [7, 11) is 0. The normalized spacial score (nSPS) is 11.8. The predicted molar refractivity (Wildman–Crippen MR) is 80.3 cm³/mol. The number of carboxylic acids is 2. The SMILES string of the molecule is O=C(O)CCC(NC(=O)c1cc(=O)c2ccccc2[nH]1)C(=O)O. The predicted octanol–water partition coefficient (Wildman–Crippen LogP) is 0.576. The number of hydrogen-bond donors (Lipinski definition) is 4. The number of amides is 1. The average Bonchev–Trinajstić information content (AvgIpc) is 2.50. The summed E-state index contributed by atoms with van der Waals surface area (Å²) in [5.74, 6) is -3.29. The fourth-order valence-corrected chi connectivity index (χ4v) is 2.08. The van der Waals surface area contributed by atoms with Crippen LogP contribution in [0.25, 0.3) is 10.9 Å². The Morgan fingerprint density at radius 2 is 1.87 bits per heavy atom. The van der Waals surface area contributed by atoms with Crippen molar-refractivity contribution in [2.24, 2.45) is 0 Å². The number of aromatic nitrogens is 1. The summed E-state index contributed by atoms with van der Waals surface area (Å²) in [6.45, 7) is 0. The van der Waals surface area contributed by atoms with E-state index in [4.69, 9.17) is 10.2 Å². The molecule has 8 nitrogen and oxygen atoms in total. The molecule has 0 aliphatic rings. The molecule has 4 N–H and O–H groups in total. The van der Waals surface area contributed by atoms with Crippen LogP contribution in [0.1, 0.15) is 23.3 Å². The molecule has 0 aliphatic heterocycles. The highest BCUT2D eigenvalue weighted by Crippen LogP contribution is 2.08. The quantitative estimate of drug-likeness (QED) is 0.615. The Morgan fingerprint density at radius 3 is 2.52 bits per heavy atom. The molecule has 2 aromatic rings. The van der Waals surface area contributed by atoms with Gasteiger partial charge >= 0.3 is 11.9 Å². The van der Waals surface area contributed by atoms with E-state index in [0.29, 0.717) is 10.9 Å². The molecule has 0 bridgehead atoms. The molecule has 1 unspecified atom stereocenters. The number of fused-ring (bicyclic) bond motifs is 1. The van der Waals surface area contributed by atoms with E-state index in [1.165, 1.54) is 0 Å². The number of hydrogen-bond acceptors (Lipinski definition) is 4. The summed E-state index contributed by atoms with van der Waals surface area (Å²) in [6.07, 6.45) is -0.653. The van der Waals surface area contributed by atoms with E-state index in [0.717, 1.165) is 6.07 Å². The van der Waals surface area contributed by atoms with Crippen LogP contribution >= 0.6 is 0 Å². The van der Waals surface area contributed by atoms with Crippen molar-refractivity contribution < 1.29 is 24.6 Å². The van der Waals surface area contributed by atoms with E-state index in [1.807, 2.05) is 0 Å². The summed E-state index contributed by atoms with van der Waals surface area (Å²) in [5.41, 5.74) is -0.0141. The number of aliphatic carboxylic acids is 2.